The lowest BCUT2D eigenvalue weighted by Gasteiger charge is -2.11. The molecule has 0 spiro atoms. The van der Waals surface area contributed by atoms with Crippen molar-refractivity contribution in [1.82, 2.24) is 4.98 Å². The third-order valence-corrected chi connectivity index (χ3v) is 2.48. The van der Waals surface area contributed by atoms with Gasteiger partial charge in [-0.05, 0) is 18.1 Å². The fourth-order valence-electron chi connectivity index (χ4n) is 1.61. The van der Waals surface area contributed by atoms with E-state index in [4.69, 9.17) is 5.73 Å². The van der Waals surface area contributed by atoms with Crippen LogP contribution >= 0.6 is 0 Å². The van der Waals surface area contributed by atoms with E-state index in [0.717, 1.165) is 18.4 Å². The Labute approximate surface area is 90.7 Å². The minimum atomic E-state index is 0.00945. The highest BCUT2D eigenvalue weighted by atomic mass is 16.1. The van der Waals surface area contributed by atoms with E-state index in [-0.39, 0.29) is 11.7 Å². The summed E-state index contributed by atoms with van der Waals surface area (Å²) in [5.41, 5.74) is 6.55. The highest BCUT2D eigenvalue weighted by molar-refractivity contribution is 5.83. The zero-order valence-corrected chi connectivity index (χ0v) is 9.15. The summed E-state index contributed by atoms with van der Waals surface area (Å²) in [6, 6.07) is 3.77. The Balaban J connectivity index is 2.54. The summed E-state index contributed by atoms with van der Waals surface area (Å²) in [5, 5.41) is 0. The summed E-state index contributed by atoms with van der Waals surface area (Å²) >= 11 is 0. The van der Waals surface area contributed by atoms with Crippen molar-refractivity contribution in [3.05, 3.63) is 30.1 Å². The van der Waals surface area contributed by atoms with Gasteiger partial charge in [-0.1, -0.05) is 19.4 Å². The Kier molecular flexibility index (Phi) is 4.98. The van der Waals surface area contributed by atoms with E-state index in [9.17, 15) is 4.79 Å². The molecule has 1 unspecified atom stereocenters. The Morgan fingerprint density at radius 3 is 2.93 bits per heavy atom. The fourth-order valence-corrected chi connectivity index (χ4v) is 1.61. The zero-order valence-electron chi connectivity index (χ0n) is 9.15. The smallest absolute Gasteiger partial charge is 0.141 e. The van der Waals surface area contributed by atoms with Crippen molar-refractivity contribution in [3.8, 4) is 0 Å². The van der Waals surface area contributed by atoms with Gasteiger partial charge in [-0.15, -0.1) is 0 Å². The largest absolute Gasteiger partial charge is 0.330 e. The number of rotatable bonds is 6. The molecule has 3 nitrogen and oxygen atoms in total. The molecule has 0 amide bonds. The van der Waals surface area contributed by atoms with Crippen molar-refractivity contribution >= 4 is 5.78 Å². The van der Waals surface area contributed by atoms with Gasteiger partial charge in [0.1, 0.15) is 5.78 Å². The number of hydrogen-bond acceptors (Lipinski definition) is 3. The van der Waals surface area contributed by atoms with Gasteiger partial charge < -0.3 is 5.73 Å². The number of Topliss-reactive ketones (excluding diaryl/α,β-unsaturated/α-hetero) is 1. The summed E-state index contributed by atoms with van der Waals surface area (Å²) in [5.74, 6) is 0.238. The lowest BCUT2D eigenvalue weighted by Crippen LogP contribution is -2.25. The van der Waals surface area contributed by atoms with E-state index in [0.29, 0.717) is 13.0 Å². The first-order valence-corrected chi connectivity index (χ1v) is 5.39. The number of ketones is 1. The van der Waals surface area contributed by atoms with Crippen LogP contribution < -0.4 is 5.73 Å². The Bertz CT molecular complexity index is 298. The topological polar surface area (TPSA) is 56.0 Å². The van der Waals surface area contributed by atoms with Crippen LogP contribution in [-0.2, 0) is 11.2 Å². The Hall–Kier alpha value is -1.22. The van der Waals surface area contributed by atoms with Crippen LogP contribution in [0.2, 0.25) is 0 Å². The highest BCUT2D eigenvalue weighted by Gasteiger charge is 2.15. The van der Waals surface area contributed by atoms with Gasteiger partial charge in [0.05, 0.1) is 0 Å². The van der Waals surface area contributed by atoms with Crippen molar-refractivity contribution in [3.63, 3.8) is 0 Å². The van der Waals surface area contributed by atoms with Gasteiger partial charge in [-0.3, -0.25) is 9.78 Å². The predicted octanol–water partition coefficient (Wildman–Crippen LogP) is 1.57. The predicted molar refractivity (Wildman–Crippen MR) is 60.4 cm³/mol. The van der Waals surface area contributed by atoms with E-state index < -0.39 is 0 Å². The Morgan fingerprint density at radius 1 is 1.60 bits per heavy atom. The first-order valence-electron chi connectivity index (χ1n) is 5.39. The van der Waals surface area contributed by atoms with Crippen LogP contribution in [0.1, 0.15) is 25.3 Å². The molecule has 1 atom stereocenters. The van der Waals surface area contributed by atoms with Crippen LogP contribution in [0, 0.1) is 5.92 Å². The standard InChI is InChI=1S/C12H18N2O/c1-2-4-11(8-13)12(15)7-10-5-3-6-14-9-10/h3,5-6,9,11H,2,4,7-8,13H2,1H3. The molecule has 0 aliphatic rings. The second-order valence-corrected chi connectivity index (χ2v) is 3.73. The van der Waals surface area contributed by atoms with Crippen molar-refractivity contribution < 1.29 is 4.79 Å². The summed E-state index contributed by atoms with van der Waals surface area (Å²) in [6.07, 6.45) is 5.78. The molecule has 0 bridgehead atoms. The lowest BCUT2D eigenvalue weighted by molar-refractivity contribution is -0.122. The molecule has 1 aromatic heterocycles. The normalized spacial score (nSPS) is 12.4. The van der Waals surface area contributed by atoms with Crippen LogP contribution in [-0.4, -0.2) is 17.3 Å². The van der Waals surface area contributed by atoms with Crippen LogP contribution in [0.3, 0.4) is 0 Å². The van der Waals surface area contributed by atoms with Gasteiger partial charge in [0, 0.05) is 31.3 Å². The number of carbonyl (C=O) groups is 1. The molecule has 15 heavy (non-hydrogen) atoms. The quantitative estimate of drug-likeness (QED) is 0.768. The molecule has 0 saturated heterocycles. The summed E-state index contributed by atoms with van der Waals surface area (Å²) in [7, 11) is 0. The molecule has 1 heterocycles. The number of nitrogens with zero attached hydrogens (tertiary/aromatic N) is 1. The van der Waals surface area contributed by atoms with Crippen molar-refractivity contribution in [2.45, 2.75) is 26.2 Å². The first-order chi connectivity index (χ1) is 7.27. The molecule has 1 rings (SSSR count). The third-order valence-electron chi connectivity index (χ3n) is 2.48. The first kappa shape index (κ1) is 11.9. The molecule has 0 aromatic carbocycles. The average Bonchev–Trinajstić information content (AvgIpc) is 2.27. The number of nitrogens with two attached hydrogens (primary N) is 1. The maximum atomic E-state index is 11.8. The summed E-state index contributed by atoms with van der Waals surface area (Å²) in [4.78, 5) is 15.8. The highest BCUT2D eigenvalue weighted by Crippen LogP contribution is 2.09. The van der Waals surface area contributed by atoms with E-state index in [1.807, 2.05) is 12.1 Å². The van der Waals surface area contributed by atoms with Crippen molar-refractivity contribution in [1.29, 1.82) is 0 Å². The molecule has 0 saturated carbocycles. The van der Waals surface area contributed by atoms with E-state index in [1.165, 1.54) is 0 Å². The van der Waals surface area contributed by atoms with Gasteiger partial charge in [-0.2, -0.15) is 0 Å². The van der Waals surface area contributed by atoms with Crippen LogP contribution in [0.4, 0.5) is 0 Å². The lowest BCUT2D eigenvalue weighted by atomic mass is 9.94. The number of carbonyl (C=O) groups excluding carboxylic acids is 1. The second kappa shape index (κ2) is 6.30. The molecule has 82 valence electrons. The molecule has 2 N–H and O–H groups in total. The molecule has 0 aliphatic carbocycles. The van der Waals surface area contributed by atoms with Gasteiger partial charge in [0.2, 0.25) is 0 Å². The number of pyridine rings is 1. The maximum Gasteiger partial charge on any atom is 0.141 e. The molecule has 0 aliphatic heterocycles. The molecular weight excluding hydrogens is 188 g/mol. The fraction of sp³-hybridized carbons (Fsp3) is 0.500. The van der Waals surface area contributed by atoms with Crippen LogP contribution in [0.25, 0.3) is 0 Å². The maximum absolute atomic E-state index is 11.8. The zero-order chi connectivity index (χ0) is 11.1. The van der Waals surface area contributed by atoms with Gasteiger partial charge in [-0.25, -0.2) is 0 Å². The monoisotopic (exact) mass is 206 g/mol. The van der Waals surface area contributed by atoms with E-state index in [2.05, 4.69) is 11.9 Å². The third kappa shape index (κ3) is 3.80. The van der Waals surface area contributed by atoms with Crippen LogP contribution in [0.5, 0.6) is 0 Å². The van der Waals surface area contributed by atoms with Gasteiger partial charge in [0.25, 0.3) is 0 Å². The minimum Gasteiger partial charge on any atom is -0.330 e. The van der Waals surface area contributed by atoms with Crippen LogP contribution in [0.15, 0.2) is 24.5 Å². The average molecular weight is 206 g/mol. The van der Waals surface area contributed by atoms with Gasteiger partial charge >= 0.3 is 0 Å². The van der Waals surface area contributed by atoms with E-state index in [1.54, 1.807) is 12.4 Å². The van der Waals surface area contributed by atoms with Crippen molar-refractivity contribution in [2.24, 2.45) is 11.7 Å². The van der Waals surface area contributed by atoms with Crippen molar-refractivity contribution in [2.75, 3.05) is 6.54 Å². The molecule has 0 fully saturated rings. The minimum absolute atomic E-state index is 0.00945. The van der Waals surface area contributed by atoms with Gasteiger partial charge in [0.15, 0.2) is 0 Å². The number of hydrogen-bond donors (Lipinski definition) is 1. The number of aromatic nitrogens is 1. The summed E-state index contributed by atoms with van der Waals surface area (Å²) in [6.45, 7) is 2.52. The molecule has 0 radical (unpaired) electrons. The second-order valence-electron chi connectivity index (χ2n) is 3.73. The summed E-state index contributed by atoms with van der Waals surface area (Å²) < 4.78 is 0. The van der Waals surface area contributed by atoms with E-state index >= 15 is 0 Å². The molecule has 1 aromatic rings. The molecular formula is C12H18N2O. The SMILES string of the molecule is CCCC(CN)C(=O)Cc1cccnc1. The molecule has 3 heteroatoms. The Morgan fingerprint density at radius 2 is 2.40 bits per heavy atom.